The van der Waals surface area contributed by atoms with E-state index in [0.717, 1.165) is 24.4 Å². The molecule has 0 atom stereocenters. The SMILES string of the molecule is Cc1cc(C)n2nc(SCCC(=O)NCCC(C)C)nc2n1. The second-order valence-electron chi connectivity index (χ2n) is 5.78. The molecule has 7 heteroatoms. The van der Waals surface area contributed by atoms with Gasteiger partial charge in [-0.2, -0.15) is 4.98 Å². The Kier molecular flexibility index (Phi) is 5.76. The minimum atomic E-state index is 0.0852. The highest BCUT2D eigenvalue weighted by Crippen LogP contribution is 2.16. The van der Waals surface area contributed by atoms with E-state index >= 15 is 0 Å². The van der Waals surface area contributed by atoms with Crippen LogP contribution in [0.25, 0.3) is 5.78 Å². The molecule has 22 heavy (non-hydrogen) atoms. The molecule has 0 radical (unpaired) electrons. The number of fused-ring (bicyclic) bond motifs is 1. The summed E-state index contributed by atoms with van der Waals surface area (Å²) in [6.07, 6.45) is 1.49. The van der Waals surface area contributed by atoms with Crippen LogP contribution in [0.3, 0.4) is 0 Å². The molecule has 0 fully saturated rings. The number of nitrogens with one attached hydrogen (secondary N) is 1. The van der Waals surface area contributed by atoms with Crippen LogP contribution in [-0.2, 0) is 4.79 Å². The van der Waals surface area contributed by atoms with Crippen molar-refractivity contribution < 1.29 is 4.79 Å². The Morgan fingerprint density at radius 2 is 2.14 bits per heavy atom. The summed E-state index contributed by atoms with van der Waals surface area (Å²) < 4.78 is 1.73. The molecule has 0 saturated heterocycles. The number of thioether (sulfide) groups is 1. The Labute approximate surface area is 135 Å². The van der Waals surface area contributed by atoms with Gasteiger partial charge < -0.3 is 5.32 Å². The number of hydrogen-bond acceptors (Lipinski definition) is 5. The maximum Gasteiger partial charge on any atom is 0.253 e. The van der Waals surface area contributed by atoms with Crippen LogP contribution < -0.4 is 5.32 Å². The summed E-state index contributed by atoms with van der Waals surface area (Å²) >= 11 is 1.48. The highest BCUT2D eigenvalue weighted by atomic mass is 32.2. The maximum absolute atomic E-state index is 11.7. The highest BCUT2D eigenvalue weighted by molar-refractivity contribution is 7.99. The Bertz CT molecular complexity index is 653. The largest absolute Gasteiger partial charge is 0.356 e. The van der Waals surface area contributed by atoms with Gasteiger partial charge in [0.2, 0.25) is 11.1 Å². The van der Waals surface area contributed by atoms with E-state index in [4.69, 9.17) is 0 Å². The lowest BCUT2D eigenvalue weighted by Crippen LogP contribution is -2.25. The molecule has 0 aliphatic carbocycles. The van der Waals surface area contributed by atoms with Crippen LogP contribution >= 0.6 is 11.8 Å². The maximum atomic E-state index is 11.7. The predicted octanol–water partition coefficient (Wildman–Crippen LogP) is 2.39. The second kappa shape index (κ2) is 7.58. The van der Waals surface area contributed by atoms with Crippen molar-refractivity contribution in [3.63, 3.8) is 0 Å². The lowest BCUT2D eigenvalue weighted by Gasteiger charge is -2.06. The number of hydrogen-bond donors (Lipinski definition) is 1. The Morgan fingerprint density at radius 3 is 2.86 bits per heavy atom. The third-order valence-electron chi connectivity index (χ3n) is 3.20. The van der Waals surface area contributed by atoms with Gasteiger partial charge in [0.05, 0.1) is 0 Å². The van der Waals surface area contributed by atoms with E-state index in [2.05, 4.69) is 34.2 Å². The summed E-state index contributed by atoms with van der Waals surface area (Å²) in [4.78, 5) is 20.4. The van der Waals surface area contributed by atoms with Crippen molar-refractivity contribution in [2.75, 3.05) is 12.3 Å². The fourth-order valence-electron chi connectivity index (χ4n) is 2.03. The summed E-state index contributed by atoms with van der Waals surface area (Å²) in [5, 5.41) is 8.01. The van der Waals surface area contributed by atoms with E-state index in [1.165, 1.54) is 11.8 Å². The van der Waals surface area contributed by atoms with Crippen molar-refractivity contribution in [2.45, 2.75) is 45.7 Å². The number of rotatable bonds is 7. The van der Waals surface area contributed by atoms with Gasteiger partial charge in [-0.25, -0.2) is 9.50 Å². The van der Waals surface area contributed by atoms with Crippen LogP contribution in [0.15, 0.2) is 11.2 Å². The van der Waals surface area contributed by atoms with Gasteiger partial charge in [0.1, 0.15) is 0 Å². The topological polar surface area (TPSA) is 72.2 Å². The molecule has 0 aliphatic rings. The minimum Gasteiger partial charge on any atom is -0.356 e. The number of aromatic nitrogens is 4. The van der Waals surface area contributed by atoms with Gasteiger partial charge in [-0.1, -0.05) is 25.6 Å². The van der Waals surface area contributed by atoms with E-state index in [-0.39, 0.29) is 5.91 Å². The second-order valence-corrected chi connectivity index (χ2v) is 6.84. The fourth-order valence-corrected chi connectivity index (χ4v) is 2.79. The summed E-state index contributed by atoms with van der Waals surface area (Å²) in [6.45, 7) is 8.96. The third kappa shape index (κ3) is 4.69. The predicted molar refractivity (Wildman–Crippen MR) is 88.1 cm³/mol. The standard InChI is InChI=1S/C15H23N5OS/c1-10(2)5-7-16-13(21)6-8-22-15-18-14-17-11(3)9-12(4)20(14)19-15/h9-10H,5-8H2,1-4H3,(H,16,21). The number of carbonyl (C=O) groups is 1. The molecule has 0 bridgehead atoms. The van der Waals surface area contributed by atoms with Gasteiger partial charge >= 0.3 is 0 Å². The van der Waals surface area contributed by atoms with Crippen LogP contribution in [0.1, 0.15) is 38.1 Å². The van der Waals surface area contributed by atoms with Crippen LogP contribution in [0.5, 0.6) is 0 Å². The normalized spacial score (nSPS) is 11.3. The summed E-state index contributed by atoms with van der Waals surface area (Å²) in [5.41, 5.74) is 1.94. The molecule has 2 rings (SSSR count). The summed E-state index contributed by atoms with van der Waals surface area (Å²) in [6, 6.07) is 1.97. The Balaban J connectivity index is 1.82. The molecule has 6 nitrogen and oxygen atoms in total. The third-order valence-corrected chi connectivity index (χ3v) is 4.04. The van der Waals surface area contributed by atoms with Crippen molar-refractivity contribution in [3.05, 3.63) is 17.5 Å². The molecule has 1 amide bonds. The van der Waals surface area contributed by atoms with E-state index in [9.17, 15) is 4.79 Å². The number of carbonyl (C=O) groups excluding carboxylic acids is 1. The molecule has 0 aliphatic heterocycles. The van der Waals surface area contributed by atoms with Gasteiger partial charge in [0, 0.05) is 30.1 Å². The Morgan fingerprint density at radius 1 is 1.36 bits per heavy atom. The zero-order chi connectivity index (χ0) is 16.1. The molecule has 2 aromatic rings. The van der Waals surface area contributed by atoms with Gasteiger partial charge in [0.15, 0.2) is 0 Å². The first-order valence-corrected chi connectivity index (χ1v) is 8.55. The number of amides is 1. The quantitative estimate of drug-likeness (QED) is 0.793. The zero-order valence-electron chi connectivity index (χ0n) is 13.6. The van der Waals surface area contributed by atoms with E-state index < -0.39 is 0 Å². The van der Waals surface area contributed by atoms with Crippen molar-refractivity contribution in [2.24, 2.45) is 5.92 Å². The zero-order valence-corrected chi connectivity index (χ0v) is 14.4. The van der Waals surface area contributed by atoms with Crippen LogP contribution in [-0.4, -0.2) is 37.8 Å². The Hall–Kier alpha value is -1.63. The lowest BCUT2D eigenvalue weighted by molar-refractivity contribution is -0.120. The number of nitrogens with zero attached hydrogens (tertiary/aromatic N) is 4. The van der Waals surface area contributed by atoms with Crippen LogP contribution in [0.2, 0.25) is 0 Å². The average molecular weight is 321 g/mol. The monoisotopic (exact) mass is 321 g/mol. The highest BCUT2D eigenvalue weighted by Gasteiger charge is 2.09. The van der Waals surface area contributed by atoms with E-state index in [1.807, 2.05) is 19.9 Å². The smallest absolute Gasteiger partial charge is 0.253 e. The lowest BCUT2D eigenvalue weighted by atomic mass is 10.1. The molecule has 1 N–H and O–H groups in total. The van der Waals surface area contributed by atoms with E-state index in [0.29, 0.717) is 29.0 Å². The molecule has 0 aromatic carbocycles. The molecule has 2 heterocycles. The van der Waals surface area contributed by atoms with Crippen molar-refractivity contribution >= 4 is 23.4 Å². The molecule has 0 spiro atoms. The first kappa shape index (κ1) is 16.7. The molecule has 2 aromatic heterocycles. The number of aryl methyl sites for hydroxylation is 2. The van der Waals surface area contributed by atoms with Gasteiger partial charge in [0.25, 0.3) is 5.78 Å². The van der Waals surface area contributed by atoms with Crippen molar-refractivity contribution in [1.82, 2.24) is 24.9 Å². The average Bonchev–Trinajstić information content (AvgIpc) is 2.81. The van der Waals surface area contributed by atoms with Crippen molar-refractivity contribution in [1.29, 1.82) is 0 Å². The first-order chi connectivity index (χ1) is 10.5. The van der Waals surface area contributed by atoms with Gasteiger partial charge in [-0.15, -0.1) is 5.10 Å². The van der Waals surface area contributed by atoms with Crippen molar-refractivity contribution in [3.8, 4) is 0 Å². The fraction of sp³-hybridized carbons (Fsp3) is 0.600. The van der Waals surface area contributed by atoms with Gasteiger partial charge in [-0.3, -0.25) is 4.79 Å². The molecular weight excluding hydrogens is 298 g/mol. The summed E-state index contributed by atoms with van der Waals surface area (Å²) in [5.74, 6) is 1.97. The van der Waals surface area contributed by atoms with Crippen LogP contribution in [0.4, 0.5) is 0 Å². The minimum absolute atomic E-state index is 0.0852. The molecule has 120 valence electrons. The van der Waals surface area contributed by atoms with Crippen LogP contribution in [0, 0.1) is 19.8 Å². The molecular formula is C15H23N5OS. The first-order valence-electron chi connectivity index (χ1n) is 7.56. The van der Waals surface area contributed by atoms with Gasteiger partial charge in [-0.05, 0) is 32.3 Å². The molecule has 0 saturated carbocycles. The van der Waals surface area contributed by atoms with E-state index in [1.54, 1.807) is 4.52 Å². The molecule has 0 unspecified atom stereocenters. The summed E-state index contributed by atoms with van der Waals surface area (Å²) in [7, 11) is 0.